The minimum absolute atomic E-state index is 0.212. The molecule has 1 aromatic rings. The van der Waals surface area contributed by atoms with Crippen molar-refractivity contribution in [3.63, 3.8) is 0 Å². The molecule has 9 heteroatoms. The molecule has 0 unspecified atom stereocenters. The summed E-state index contributed by atoms with van der Waals surface area (Å²) in [6, 6.07) is 0.984. The Balaban J connectivity index is 2.05. The number of nitrogens with zero attached hydrogens (tertiary/aromatic N) is 1. The van der Waals surface area contributed by atoms with Gasteiger partial charge in [0.15, 0.2) is 0 Å². The molecule has 22 heavy (non-hydrogen) atoms. The number of amides is 3. The molecular weight excluding hydrogens is 306 g/mol. The molecule has 3 N–H and O–H groups in total. The van der Waals surface area contributed by atoms with Crippen LogP contribution >= 0.6 is 0 Å². The fourth-order valence-electron chi connectivity index (χ4n) is 2.23. The number of alkyl halides is 3. The number of primary amides is 1. The number of hydrogen-bond donors (Lipinski definition) is 2. The maximum absolute atomic E-state index is 13.4. The maximum atomic E-state index is 13.4. The molecule has 120 valence electrons. The topological polar surface area (TPSA) is 75.4 Å². The van der Waals surface area contributed by atoms with E-state index in [1.54, 1.807) is 0 Å². The molecule has 1 aliphatic rings. The van der Waals surface area contributed by atoms with Gasteiger partial charge in [0.1, 0.15) is 5.82 Å². The van der Waals surface area contributed by atoms with Crippen molar-refractivity contribution < 1.29 is 27.2 Å². The summed E-state index contributed by atoms with van der Waals surface area (Å²) in [6.45, 7) is 0.589. The molecule has 1 atom stereocenters. The number of carbonyl (C=O) groups excluding carboxylic acids is 2. The third kappa shape index (κ3) is 3.46. The van der Waals surface area contributed by atoms with Crippen LogP contribution in [-0.4, -0.2) is 36.0 Å². The molecule has 2 rings (SSSR count). The number of benzene rings is 1. The van der Waals surface area contributed by atoms with Crippen molar-refractivity contribution in [1.29, 1.82) is 0 Å². The maximum Gasteiger partial charge on any atom is 0.419 e. The molecule has 5 nitrogen and oxygen atoms in total. The summed E-state index contributed by atoms with van der Waals surface area (Å²) in [6.07, 6.45) is -4.34. The molecule has 1 fully saturated rings. The van der Waals surface area contributed by atoms with Gasteiger partial charge in [-0.05, 0) is 24.6 Å². The van der Waals surface area contributed by atoms with Crippen LogP contribution < -0.4 is 11.1 Å². The minimum atomic E-state index is -4.81. The van der Waals surface area contributed by atoms with Crippen LogP contribution in [0.5, 0.6) is 0 Å². The second kappa shape index (κ2) is 5.82. The van der Waals surface area contributed by atoms with Crippen molar-refractivity contribution in [1.82, 2.24) is 10.2 Å². The highest BCUT2D eigenvalue weighted by molar-refractivity contribution is 5.94. The third-order valence-electron chi connectivity index (χ3n) is 3.37. The van der Waals surface area contributed by atoms with Crippen LogP contribution in [0.3, 0.4) is 0 Å². The molecular formula is C13H13F4N3O2. The van der Waals surface area contributed by atoms with Gasteiger partial charge < -0.3 is 16.0 Å². The SMILES string of the molecule is NC(=O)N1CC[C@@H](NC(=O)c2ccc(C(F)(F)F)c(F)c2)C1. The lowest BCUT2D eigenvalue weighted by molar-refractivity contribution is -0.140. The monoisotopic (exact) mass is 319 g/mol. The number of nitrogens with one attached hydrogen (secondary N) is 1. The van der Waals surface area contributed by atoms with E-state index in [1.807, 2.05) is 0 Å². The van der Waals surface area contributed by atoms with Crippen LogP contribution in [0, 0.1) is 5.82 Å². The van der Waals surface area contributed by atoms with Crippen molar-refractivity contribution in [2.75, 3.05) is 13.1 Å². The zero-order valence-corrected chi connectivity index (χ0v) is 11.3. The number of carbonyl (C=O) groups is 2. The predicted octanol–water partition coefficient (Wildman–Crippen LogP) is 1.73. The van der Waals surface area contributed by atoms with E-state index < -0.39 is 29.5 Å². The molecule has 0 aliphatic carbocycles. The molecule has 1 aliphatic heterocycles. The lowest BCUT2D eigenvalue weighted by Gasteiger charge is -2.15. The fourth-order valence-corrected chi connectivity index (χ4v) is 2.23. The summed E-state index contributed by atoms with van der Waals surface area (Å²) in [5, 5.41) is 2.53. The smallest absolute Gasteiger partial charge is 0.351 e. The van der Waals surface area contributed by atoms with Crippen LogP contribution in [0.1, 0.15) is 22.3 Å². The van der Waals surface area contributed by atoms with E-state index in [2.05, 4.69) is 5.32 Å². The Labute approximate surface area is 123 Å². The fraction of sp³-hybridized carbons (Fsp3) is 0.385. The van der Waals surface area contributed by atoms with Gasteiger partial charge in [-0.15, -0.1) is 0 Å². The Morgan fingerprint density at radius 2 is 2.00 bits per heavy atom. The normalized spacial score (nSPS) is 18.4. The lowest BCUT2D eigenvalue weighted by Crippen LogP contribution is -2.40. The molecule has 1 aromatic carbocycles. The number of rotatable bonds is 2. The number of urea groups is 1. The van der Waals surface area contributed by atoms with Gasteiger partial charge >= 0.3 is 12.2 Å². The van der Waals surface area contributed by atoms with E-state index in [4.69, 9.17) is 5.73 Å². The Kier molecular flexibility index (Phi) is 4.25. The highest BCUT2D eigenvalue weighted by atomic mass is 19.4. The summed E-state index contributed by atoms with van der Waals surface area (Å²) in [7, 11) is 0. The average molecular weight is 319 g/mol. The van der Waals surface area contributed by atoms with E-state index in [-0.39, 0.29) is 18.2 Å². The molecule has 1 heterocycles. The summed E-state index contributed by atoms with van der Waals surface area (Å²) in [4.78, 5) is 24.2. The van der Waals surface area contributed by atoms with Gasteiger partial charge in [0.05, 0.1) is 5.56 Å². The molecule has 0 saturated carbocycles. The second-order valence-corrected chi connectivity index (χ2v) is 4.94. The summed E-state index contributed by atoms with van der Waals surface area (Å²) in [5.74, 6) is -2.21. The first-order valence-corrected chi connectivity index (χ1v) is 6.40. The molecule has 0 bridgehead atoms. The van der Waals surface area contributed by atoms with Crippen molar-refractivity contribution >= 4 is 11.9 Å². The molecule has 0 spiro atoms. The lowest BCUT2D eigenvalue weighted by atomic mass is 10.1. The standard InChI is InChI=1S/C13H13F4N3O2/c14-10-5-7(1-2-9(10)13(15,16)17)11(21)19-8-3-4-20(6-8)12(18)22/h1-2,5,8H,3-4,6H2,(H2,18,22)(H,19,21)/t8-/m1/s1. The Morgan fingerprint density at radius 1 is 1.32 bits per heavy atom. The Morgan fingerprint density at radius 3 is 2.50 bits per heavy atom. The quantitative estimate of drug-likeness (QED) is 0.815. The molecule has 0 radical (unpaired) electrons. The van der Waals surface area contributed by atoms with Gasteiger partial charge in [0.2, 0.25) is 0 Å². The van der Waals surface area contributed by atoms with Crippen molar-refractivity contribution in [3.8, 4) is 0 Å². The van der Waals surface area contributed by atoms with Crippen LogP contribution in [-0.2, 0) is 6.18 Å². The first-order valence-electron chi connectivity index (χ1n) is 6.40. The van der Waals surface area contributed by atoms with Crippen LogP contribution in [0.15, 0.2) is 18.2 Å². The third-order valence-corrected chi connectivity index (χ3v) is 3.37. The summed E-state index contributed by atoms with van der Waals surface area (Å²) in [5.41, 5.74) is 3.45. The first-order chi connectivity index (χ1) is 10.2. The van der Waals surface area contributed by atoms with Crippen molar-refractivity contribution in [3.05, 3.63) is 35.1 Å². The summed E-state index contributed by atoms with van der Waals surface area (Å²) >= 11 is 0. The van der Waals surface area contributed by atoms with E-state index in [1.165, 1.54) is 4.90 Å². The number of hydrogen-bond acceptors (Lipinski definition) is 2. The summed E-state index contributed by atoms with van der Waals surface area (Å²) < 4.78 is 50.7. The Bertz CT molecular complexity index is 603. The van der Waals surface area contributed by atoms with Crippen LogP contribution in [0.25, 0.3) is 0 Å². The van der Waals surface area contributed by atoms with E-state index in [0.29, 0.717) is 25.1 Å². The van der Waals surface area contributed by atoms with E-state index >= 15 is 0 Å². The Hall–Kier alpha value is -2.32. The highest BCUT2D eigenvalue weighted by Gasteiger charge is 2.34. The van der Waals surface area contributed by atoms with Gasteiger partial charge in [-0.25, -0.2) is 9.18 Å². The zero-order chi connectivity index (χ0) is 16.5. The van der Waals surface area contributed by atoms with E-state index in [0.717, 1.165) is 6.07 Å². The second-order valence-electron chi connectivity index (χ2n) is 4.94. The largest absolute Gasteiger partial charge is 0.419 e. The number of halogens is 4. The molecule has 3 amide bonds. The average Bonchev–Trinajstić information content (AvgIpc) is 2.85. The van der Waals surface area contributed by atoms with Crippen LogP contribution in [0.4, 0.5) is 22.4 Å². The van der Waals surface area contributed by atoms with E-state index in [9.17, 15) is 27.2 Å². The highest BCUT2D eigenvalue weighted by Crippen LogP contribution is 2.31. The number of likely N-dealkylation sites (tertiary alicyclic amines) is 1. The van der Waals surface area contributed by atoms with Gasteiger partial charge in [-0.2, -0.15) is 13.2 Å². The van der Waals surface area contributed by atoms with Gasteiger partial charge in [0, 0.05) is 24.7 Å². The predicted molar refractivity (Wildman–Crippen MR) is 68.4 cm³/mol. The minimum Gasteiger partial charge on any atom is -0.351 e. The van der Waals surface area contributed by atoms with Gasteiger partial charge in [-0.1, -0.05) is 0 Å². The van der Waals surface area contributed by atoms with Crippen molar-refractivity contribution in [2.24, 2.45) is 5.73 Å². The zero-order valence-electron chi connectivity index (χ0n) is 11.3. The molecule has 1 saturated heterocycles. The molecule has 0 aromatic heterocycles. The van der Waals surface area contributed by atoms with Gasteiger partial charge in [-0.3, -0.25) is 4.79 Å². The first kappa shape index (κ1) is 16.1. The van der Waals surface area contributed by atoms with Gasteiger partial charge in [0.25, 0.3) is 5.91 Å². The number of nitrogens with two attached hydrogens (primary N) is 1. The van der Waals surface area contributed by atoms with Crippen molar-refractivity contribution in [2.45, 2.75) is 18.6 Å². The van der Waals surface area contributed by atoms with Crippen LogP contribution in [0.2, 0.25) is 0 Å².